The Kier molecular flexibility index (Phi) is 6.23. The van der Waals surface area contributed by atoms with Crippen LogP contribution in [0.25, 0.3) is 0 Å². The molecule has 1 N–H and O–H groups in total. The summed E-state index contributed by atoms with van der Waals surface area (Å²) in [4.78, 5) is 19.3. The Balaban J connectivity index is 1.38. The number of ether oxygens (including phenoxy) is 1. The molecule has 4 rings (SSSR count). The molecule has 0 saturated carbocycles. The number of halogens is 1. The van der Waals surface area contributed by atoms with Gasteiger partial charge in [0, 0.05) is 31.5 Å². The number of carbonyl (C=O) groups is 1. The number of benzene rings is 2. The first-order chi connectivity index (χ1) is 14.7. The van der Waals surface area contributed by atoms with E-state index in [9.17, 15) is 9.18 Å². The molecule has 1 amide bonds. The Morgan fingerprint density at radius 3 is 2.47 bits per heavy atom. The van der Waals surface area contributed by atoms with Gasteiger partial charge in [0.1, 0.15) is 17.1 Å². The van der Waals surface area contributed by atoms with Crippen LogP contribution in [0.2, 0.25) is 0 Å². The van der Waals surface area contributed by atoms with E-state index in [1.807, 2.05) is 12.1 Å². The van der Waals surface area contributed by atoms with Crippen LogP contribution >= 0.6 is 0 Å². The number of aromatic nitrogens is 1. The highest BCUT2D eigenvalue weighted by Crippen LogP contribution is 2.23. The number of nitrogens with one attached hydrogen (secondary N) is 1. The fourth-order valence-corrected chi connectivity index (χ4v) is 3.51. The Morgan fingerprint density at radius 1 is 1.00 bits per heavy atom. The van der Waals surface area contributed by atoms with Crippen molar-refractivity contribution in [3.63, 3.8) is 0 Å². The van der Waals surface area contributed by atoms with Gasteiger partial charge in [-0.3, -0.25) is 4.79 Å². The summed E-state index contributed by atoms with van der Waals surface area (Å²) in [5.74, 6) is -0.0348. The first-order valence-corrected chi connectivity index (χ1v) is 10.2. The van der Waals surface area contributed by atoms with Crippen LogP contribution in [0.3, 0.4) is 0 Å². The highest BCUT2D eigenvalue weighted by atomic mass is 19.1. The maximum Gasteiger partial charge on any atom is 0.257 e. The van der Waals surface area contributed by atoms with E-state index in [0.29, 0.717) is 17.9 Å². The lowest BCUT2D eigenvalue weighted by Gasteiger charge is -2.28. The molecule has 1 fully saturated rings. The number of hydrogen-bond donors (Lipinski definition) is 1. The molecule has 1 aliphatic heterocycles. The van der Waals surface area contributed by atoms with Crippen LogP contribution in [0.15, 0.2) is 66.9 Å². The molecule has 5 nitrogen and oxygen atoms in total. The molecular formula is C24H24FN3O2. The molecule has 0 radical (unpaired) electrons. The lowest BCUT2D eigenvalue weighted by molar-refractivity contribution is 0.0948. The van der Waals surface area contributed by atoms with E-state index in [0.717, 1.165) is 18.7 Å². The SMILES string of the molecule is O=C(NCc1ccc(N2CCCCC2)cc1)c1cccnc1Oc1ccc(F)cc1. The average Bonchev–Trinajstić information content (AvgIpc) is 2.80. The summed E-state index contributed by atoms with van der Waals surface area (Å²) in [5.41, 5.74) is 2.58. The predicted molar refractivity (Wildman–Crippen MR) is 114 cm³/mol. The highest BCUT2D eigenvalue weighted by molar-refractivity contribution is 5.96. The Hall–Kier alpha value is -3.41. The van der Waals surface area contributed by atoms with Crippen molar-refractivity contribution in [3.8, 4) is 11.6 Å². The van der Waals surface area contributed by atoms with Crippen molar-refractivity contribution in [1.29, 1.82) is 0 Å². The van der Waals surface area contributed by atoms with Gasteiger partial charge in [0.2, 0.25) is 5.88 Å². The molecule has 154 valence electrons. The lowest BCUT2D eigenvalue weighted by atomic mass is 10.1. The third-order valence-corrected chi connectivity index (χ3v) is 5.15. The second-order valence-electron chi connectivity index (χ2n) is 7.31. The van der Waals surface area contributed by atoms with Crippen molar-refractivity contribution >= 4 is 11.6 Å². The number of hydrogen-bond acceptors (Lipinski definition) is 4. The summed E-state index contributed by atoms with van der Waals surface area (Å²) >= 11 is 0. The molecule has 1 aromatic heterocycles. The lowest BCUT2D eigenvalue weighted by Crippen LogP contribution is -2.29. The van der Waals surface area contributed by atoms with Gasteiger partial charge >= 0.3 is 0 Å². The summed E-state index contributed by atoms with van der Waals surface area (Å²) < 4.78 is 18.8. The number of amides is 1. The number of carbonyl (C=O) groups excluding carboxylic acids is 1. The number of rotatable bonds is 6. The second kappa shape index (κ2) is 9.39. The van der Waals surface area contributed by atoms with Gasteiger partial charge < -0.3 is 15.0 Å². The molecule has 0 aliphatic carbocycles. The first kappa shape index (κ1) is 19.9. The molecule has 0 bridgehead atoms. The van der Waals surface area contributed by atoms with Crippen LogP contribution in [0.4, 0.5) is 10.1 Å². The molecule has 0 spiro atoms. The van der Waals surface area contributed by atoms with Crippen LogP contribution in [0.1, 0.15) is 35.2 Å². The number of anilines is 1. The van der Waals surface area contributed by atoms with E-state index in [4.69, 9.17) is 4.74 Å². The van der Waals surface area contributed by atoms with Gasteiger partial charge in [-0.1, -0.05) is 12.1 Å². The van der Waals surface area contributed by atoms with Gasteiger partial charge in [-0.05, 0) is 73.4 Å². The standard InChI is InChI=1S/C24H24FN3O2/c25-19-8-12-21(13-9-19)30-24-22(5-4-14-26-24)23(29)27-17-18-6-10-20(11-7-18)28-15-2-1-3-16-28/h4-14H,1-3,15-17H2,(H,27,29). The van der Waals surface area contributed by atoms with Crippen LogP contribution in [-0.2, 0) is 6.54 Å². The highest BCUT2D eigenvalue weighted by Gasteiger charge is 2.15. The van der Waals surface area contributed by atoms with Gasteiger partial charge in [0.05, 0.1) is 0 Å². The minimum absolute atomic E-state index is 0.182. The van der Waals surface area contributed by atoms with Crippen LogP contribution in [0, 0.1) is 5.82 Å². The molecular weight excluding hydrogens is 381 g/mol. The van der Waals surface area contributed by atoms with Crippen molar-refractivity contribution < 1.29 is 13.9 Å². The summed E-state index contributed by atoms with van der Waals surface area (Å²) in [6.07, 6.45) is 5.34. The maximum absolute atomic E-state index is 13.1. The van der Waals surface area contributed by atoms with Crippen molar-refractivity contribution in [2.45, 2.75) is 25.8 Å². The molecule has 6 heteroatoms. The van der Waals surface area contributed by atoms with Crippen LogP contribution < -0.4 is 15.0 Å². The summed E-state index contributed by atoms with van der Waals surface area (Å²) in [7, 11) is 0. The molecule has 2 aromatic carbocycles. The summed E-state index contributed by atoms with van der Waals surface area (Å²) in [5, 5.41) is 2.92. The molecule has 2 heterocycles. The largest absolute Gasteiger partial charge is 0.438 e. The third-order valence-electron chi connectivity index (χ3n) is 5.15. The van der Waals surface area contributed by atoms with Gasteiger partial charge in [-0.2, -0.15) is 0 Å². The molecule has 0 unspecified atom stereocenters. The molecule has 1 aliphatic rings. The van der Waals surface area contributed by atoms with E-state index in [1.165, 1.54) is 49.2 Å². The Bertz CT molecular complexity index is 984. The number of pyridine rings is 1. The predicted octanol–water partition coefficient (Wildman–Crippen LogP) is 4.93. The van der Waals surface area contributed by atoms with Gasteiger partial charge in [0.15, 0.2) is 0 Å². The molecule has 1 saturated heterocycles. The fourth-order valence-electron chi connectivity index (χ4n) is 3.51. The van der Waals surface area contributed by atoms with Crippen molar-refractivity contribution in [3.05, 3.63) is 83.8 Å². The summed E-state index contributed by atoms with van der Waals surface area (Å²) in [6.45, 7) is 2.62. The Morgan fingerprint density at radius 2 is 1.73 bits per heavy atom. The van der Waals surface area contributed by atoms with E-state index in [-0.39, 0.29) is 17.6 Å². The average molecular weight is 405 g/mol. The smallest absolute Gasteiger partial charge is 0.257 e. The van der Waals surface area contributed by atoms with E-state index in [1.54, 1.807) is 18.3 Å². The minimum atomic E-state index is -0.354. The van der Waals surface area contributed by atoms with Crippen molar-refractivity contribution in [2.75, 3.05) is 18.0 Å². The molecule has 0 atom stereocenters. The maximum atomic E-state index is 13.1. The minimum Gasteiger partial charge on any atom is -0.438 e. The van der Waals surface area contributed by atoms with E-state index >= 15 is 0 Å². The van der Waals surface area contributed by atoms with E-state index in [2.05, 4.69) is 27.3 Å². The third kappa shape index (κ3) is 4.95. The zero-order chi connectivity index (χ0) is 20.8. The van der Waals surface area contributed by atoms with Crippen molar-refractivity contribution in [2.24, 2.45) is 0 Å². The van der Waals surface area contributed by atoms with Gasteiger partial charge in [-0.25, -0.2) is 9.37 Å². The van der Waals surface area contributed by atoms with Gasteiger partial charge in [0.25, 0.3) is 5.91 Å². The zero-order valence-corrected chi connectivity index (χ0v) is 16.7. The quantitative estimate of drug-likeness (QED) is 0.632. The fraction of sp³-hybridized carbons (Fsp3) is 0.250. The normalized spacial score (nSPS) is 13.7. The molecule has 3 aromatic rings. The van der Waals surface area contributed by atoms with Crippen molar-refractivity contribution in [1.82, 2.24) is 10.3 Å². The first-order valence-electron chi connectivity index (χ1n) is 10.2. The van der Waals surface area contributed by atoms with Crippen LogP contribution in [-0.4, -0.2) is 24.0 Å². The number of nitrogens with zero attached hydrogens (tertiary/aromatic N) is 2. The Labute approximate surface area is 175 Å². The molecule has 30 heavy (non-hydrogen) atoms. The van der Waals surface area contributed by atoms with Gasteiger partial charge in [-0.15, -0.1) is 0 Å². The monoisotopic (exact) mass is 405 g/mol. The summed E-state index contributed by atoms with van der Waals surface area (Å²) in [6, 6.07) is 17.2. The van der Waals surface area contributed by atoms with E-state index < -0.39 is 0 Å². The second-order valence-corrected chi connectivity index (χ2v) is 7.31. The van der Waals surface area contributed by atoms with Crippen LogP contribution in [0.5, 0.6) is 11.6 Å². The number of piperidine rings is 1. The zero-order valence-electron chi connectivity index (χ0n) is 16.7. The topological polar surface area (TPSA) is 54.5 Å².